The van der Waals surface area contributed by atoms with E-state index in [9.17, 15) is 0 Å². The Morgan fingerprint density at radius 3 is 2.93 bits per heavy atom. The predicted molar refractivity (Wildman–Crippen MR) is 59.8 cm³/mol. The molecule has 2 aromatic heterocycles. The standard InChI is InChI=1S/C9H10ClN3S/c1-6-3-13(12-9(6)11)4-7-2-8(10)14-5-7/h2-3,5H,4H2,1H3,(H2,11,12). The van der Waals surface area contributed by atoms with Gasteiger partial charge in [-0.15, -0.1) is 11.3 Å². The molecule has 2 rings (SSSR count). The third-order valence-corrected chi connectivity index (χ3v) is 3.09. The van der Waals surface area contributed by atoms with Crippen LogP contribution in [0.5, 0.6) is 0 Å². The van der Waals surface area contributed by atoms with Crippen LogP contribution in [-0.4, -0.2) is 9.78 Å². The maximum absolute atomic E-state index is 5.83. The number of rotatable bonds is 2. The second-order valence-electron chi connectivity index (χ2n) is 3.15. The summed E-state index contributed by atoms with van der Waals surface area (Å²) >= 11 is 7.35. The number of aromatic nitrogens is 2. The van der Waals surface area contributed by atoms with E-state index in [-0.39, 0.29) is 0 Å². The molecule has 0 amide bonds. The Labute approximate surface area is 91.1 Å². The fourth-order valence-electron chi connectivity index (χ4n) is 1.23. The van der Waals surface area contributed by atoms with E-state index in [1.165, 1.54) is 11.3 Å². The van der Waals surface area contributed by atoms with Gasteiger partial charge in [0.1, 0.15) is 5.82 Å². The zero-order valence-electron chi connectivity index (χ0n) is 7.70. The Morgan fingerprint density at radius 2 is 2.43 bits per heavy atom. The molecular formula is C9H10ClN3S. The third kappa shape index (κ3) is 1.91. The van der Waals surface area contributed by atoms with Gasteiger partial charge in [0.25, 0.3) is 0 Å². The van der Waals surface area contributed by atoms with Crippen LogP contribution >= 0.6 is 22.9 Å². The summed E-state index contributed by atoms with van der Waals surface area (Å²) in [6.07, 6.45) is 1.93. The molecule has 5 heteroatoms. The van der Waals surface area contributed by atoms with Gasteiger partial charge in [-0.1, -0.05) is 11.6 Å². The monoisotopic (exact) mass is 227 g/mol. The highest BCUT2D eigenvalue weighted by Gasteiger charge is 2.02. The van der Waals surface area contributed by atoms with E-state index in [0.29, 0.717) is 5.82 Å². The summed E-state index contributed by atoms with van der Waals surface area (Å²) in [5.74, 6) is 0.589. The molecule has 3 nitrogen and oxygen atoms in total. The lowest BCUT2D eigenvalue weighted by atomic mass is 10.3. The van der Waals surface area contributed by atoms with Crippen LogP contribution < -0.4 is 5.73 Å². The fraction of sp³-hybridized carbons (Fsp3) is 0.222. The van der Waals surface area contributed by atoms with Crippen molar-refractivity contribution in [3.05, 3.63) is 33.1 Å². The fourth-order valence-corrected chi connectivity index (χ4v) is 2.13. The summed E-state index contributed by atoms with van der Waals surface area (Å²) in [7, 11) is 0. The van der Waals surface area contributed by atoms with E-state index in [2.05, 4.69) is 5.10 Å². The van der Waals surface area contributed by atoms with Gasteiger partial charge >= 0.3 is 0 Å². The zero-order chi connectivity index (χ0) is 10.1. The number of nitrogens with two attached hydrogens (primary N) is 1. The molecule has 14 heavy (non-hydrogen) atoms. The van der Waals surface area contributed by atoms with Crippen molar-refractivity contribution in [3.63, 3.8) is 0 Å². The van der Waals surface area contributed by atoms with Crippen molar-refractivity contribution in [3.8, 4) is 0 Å². The van der Waals surface area contributed by atoms with Gasteiger partial charge in [0.05, 0.1) is 10.9 Å². The lowest BCUT2D eigenvalue weighted by Gasteiger charge is -1.96. The van der Waals surface area contributed by atoms with Gasteiger partial charge in [0, 0.05) is 11.8 Å². The molecule has 0 fully saturated rings. The molecule has 0 atom stereocenters. The van der Waals surface area contributed by atoms with E-state index in [1.54, 1.807) is 0 Å². The van der Waals surface area contributed by atoms with E-state index in [4.69, 9.17) is 17.3 Å². The first kappa shape index (κ1) is 9.55. The number of thiophene rings is 1. The predicted octanol–water partition coefficient (Wildman–Crippen LogP) is 2.54. The molecule has 0 saturated carbocycles. The van der Waals surface area contributed by atoms with Gasteiger partial charge in [-0.05, 0) is 23.9 Å². The van der Waals surface area contributed by atoms with Gasteiger partial charge < -0.3 is 5.73 Å². The molecule has 74 valence electrons. The van der Waals surface area contributed by atoms with Crippen molar-refractivity contribution in [1.82, 2.24) is 9.78 Å². The number of hydrogen-bond donors (Lipinski definition) is 1. The molecule has 0 aliphatic rings. The van der Waals surface area contributed by atoms with Crippen LogP contribution in [-0.2, 0) is 6.54 Å². The Hall–Kier alpha value is -1.00. The summed E-state index contributed by atoms with van der Waals surface area (Å²) in [5, 5.41) is 6.19. The lowest BCUT2D eigenvalue weighted by molar-refractivity contribution is 0.691. The van der Waals surface area contributed by atoms with Crippen LogP contribution in [0.3, 0.4) is 0 Å². The molecule has 0 saturated heterocycles. The van der Waals surface area contributed by atoms with Crippen LogP contribution in [0.25, 0.3) is 0 Å². The Kier molecular flexibility index (Phi) is 2.48. The Bertz CT molecular complexity index is 427. The van der Waals surface area contributed by atoms with Crippen molar-refractivity contribution in [1.29, 1.82) is 0 Å². The second-order valence-corrected chi connectivity index (χ2v) is 4.70. The molecular weight excluding hydrogens is 218 g/mol. The molecule has 0 unspecified atom stereocenters. The Balaban J connectivity index is 2.18. The summed E-state index contributed by atoms with van der Waals surface area (Å²) in [5.41, 5.74) is 7.81. The van der Waals surface area contributed by atoms with E-state index < -0.39 is 0 Å². The molecule has 0 spiro atoms. The zero-order valence-corrected chi connectivity index (χ0v) is 9.27. The first-order chi connectivity index (χ1) is 6.65. The topological polar surface area (TPSA) is 43.8 Å². The highest BCUT2D eigenvalue weighted by atomic mass is 35.5. The third-order valence-electron chi connectivity index (χ3n) is 1.95. The minimum atomic E-state index is 0.589. The van der Waals surface area contributed by atoms with Crippen molar-refractivity contribution >= 4 is 28.8 Å². The number of anilines is 1. The normalized spacial score (nSPS) is 10.7. The first-order valence-electron chi connectivity index (χ1n) is 4.17. The van der Waals surface area contributed by atoms with E-state index in [0.717, 1.165) is 22.0 Å². The average Bonchev–Trinajstić information content (AvgIpc) is 2.62. The summed E-state index contributed by atoms with van der Waals surface area (Å²) in [6, 6.07) is 1.94. The number of halogens is 1. The number of nitrogen functional groups attached to an aromatic ring is 1. The van der Waals surface area contributed by atoms with E-state index >= 15 is 0 Å². The van der Waals surface area contributed by atoms with Crippen molar-refractivity contribution in [2.24, 2.45) is 0 Å². The van der Waals surface area contributed by atoms with Crippen LogP contribution in [0.1, 0.15) is 11.1 Å². The van der Waals surface area contributed by atoms with E-state index in [1.807, 2.05) is 29.2 Å². The van der Waals surface area contributed by atoms with Gasteiger partial charge in [-0.25, -0.2) is 0 Å². The smallest absolute Gasteiger partial charge is 0.148 e. The Morgan fingerprint density at radius 1 is 1.64 bits per heavy atom. The SMILES string of the molecule is Cc1cn(Cc2csc(Cl)c2)nc1N. The molecule has 2 N–H and O–H groups in total. The van der Waals surface area contributed by atoms with Crippen LogP contribution in [0.4, 0.5) is 5.82 Å². The van der Waals surface area contributed by atoms with Crippen LogP contribution in [0, 0.1) is 6.92 Å². The van der Waals surface area contributed by atoms with Crippen LogP contribution in [0.2, 0.25) is 4.34 Å². The number of hydrogen-bond acceptors (Lipinski definition) is 3. The highest BCUT2D eigenvalue weighted by Crippen LogP contribution is 2.20. The summed E-state index contributed by atoms with van der Waals surface area (Å²) in [4.78, 5) is 0. The first-order valence-corrected chi connectivity index (χ1v) is 5.43. The summed E-state index contributed by atoms with van der Waals surface area (Å²) < 4.78 is 2.63. The minimum Gasteiger partial charge on any atom is -0.382 e. The van der Waals surface area contributed by atoms with Gasteiger partial charge in [0.2, 0.25) is 0 Å². The number of nitrogens with zero attached hydrogens (tertiary/aromatic N) is 2. The molecule has 2 aromatic rings. The van der Waals surface area contributed by atoms with Crippen molar-refractivity contribution in [2.75, 3.05) is 5.73 Å². The quantitative estimate of drug-likeness (QED) is 0.857. The maximum Gasteiger partial charge on any atom is 0.148 e. The second kappa shape index (κ2) is 3.63. The van der Waals surface area contributed by atoms with Crippen molar-refractivity contribution in [2.45, 2.75) is 13.5 Å². The minimum absolute atomic E-state index is 0.589. The summed E-state index contributed by atoms with van der Waals surface area (Å²) in [6.45, 7) is 2.67. The molecule has 0 aliphatic carbocycles. The van der Waals surface area contributed by atoms with Gasteiger partial charge in [-0.3, -0.25) is 4.68 Å². The van der Waals surface area contributed by atoms with Crippen molar-refractivity contribution < 1.29 is 0 Å². The van der Waals surface area contributed by atoms with Crippen LogP contribution in [0.15, 0.2) is 17.6 Å². The number of aryl methyl sites for hydroxylation is 1. The molecule has 0 radical (unpaired) electrons. The van der Waals surface area contributed by atoms with Gasteiger partial charge in [0.15, 0.2) is 0 Å². The lowest BCUT2D eigenvalue weighted by Crippen LogP contribution is -1.99. The molecule has 0 aliphatic heterocycles. The maximum atomic E-state index is 5.83. The highest BCUT2D eigenvalue weighted by molar-refractivity contribution is 7.14. The molecule has 0 bridgehead atoms. The largest absolute Gasteiger partial charge is 0.382 e. The van der Waals surface area contributed by atoms with Gasteiger partial charge in [-0.2, -0.15) is 5.10 Å². The molecule has 2 heterocycles. The average molecular weight is 228 g/mol. The molecule has 0 aromatic carbocycles.